The number of thiazole rings is 2. The van der Waals surface area contributed by atoms with E-state index in [-0.39, 0.29) is 5.78 Å². The molecule has 0 spiro atoms. The quantitative estimate of drug-likeness (QED) is 0.448. The summed E-state index contributed by atoms with van der Waals surface area (Å²) in [6.45, 7) is 4.02. The zero-order chi connectivity index (χ0) is 21.1. The van der Waals surface area contributed by atoms with Crippen molar-refractivity contribution in [1.82, 2.24) is 15.0 Å². The summed E-state index contributed by atoms with van der Waals surface area (Å²) in [5.74, 6) is 0.0186. The molecule has 1 aliphatic carbocycles. The number of aromatic nitrogens is 3. The van der Waals surface area contributed by atoms with E-state index in [0.29, 0.717) is 18.4 Å². The number of carbonyl (C=O) groups excluding carboxylic acids is 1. The first-order valence-electron chi connectivity index (χ1n) is 10.3. The van der Waals surface area contributed by atoms with Crippen molar-refractivity contribution in [1.29, 1.82) is 5.26 Å². The zero-order valence-corrected chi connectivity index (χ0v) is 18.9. The molecule has 1 fully saturated rings. The number of aryl methyl sites for hydroxylation is 2. The number of hydrogen-bond acceptors (Lipinski definition) is 7. The number of nitrogens with zero attached hydrogens (tertiary/aromatic N) is 4. The molecule has 0 atom stereocenters. The van der Waals surface area contributed by atoms with Gasteiger partial charge in [-0.25, -0.2) is 9.97 Å². The Balaban J connectivity index is 1.42. The maximum absolute atomic E-state index is 12.7. The Morgan fingerprint density at radius 1 is 1.20 bits per heavy atom. The lowest BCUT2D eigenvalue weighted by molar-refractivity contribution is 0.0916. The molecule has 3 aromatic heterocycles. The fourth-order valence-corrected chi connectivity index (χ4v) is 5.84. The number of Topliss-reactive ketones (excluding diaryl/α,β-unsaturated/α-hetero) is 1. The van der Waals surface area contributed by atoms with E-state index in [9.17, 15) is 10.1 Å². The van der Waals surface area contributed by atoms with E-state index >= 15 is 0 Å². The van der Waals surface area contributed by atoms with Crippen molar-refractivity contribution in [3.8, 4) is 16.6 Å². The van der Waals surface area contributed by atoms with E-state index in [0.717, 1.165) is 64.1 Å². The summed E-state index contributed by atoms with van der Waals surface area (Å²) in [4.78, 5) is 27.6. The van der Waals surface area contributed by atoms with E-state index in [1.54, 1.807) is 28.9 Å². The van der Waals surface area contributed by atoms with Gasteiger partial charge in [0.25, 0.3) is 0 Å². The van der Waals surface area contributed by atoms with E-state index in [1.807, 2.05) is 26.0 Å². The highest BCUT2D eigenvalue weighted by Gasteiger charge is 2.34. The minimum Gasteiger partial charge on any atom is -0.294 e. The van der Waals surface area contributed by atoms with E-state index in [4.69, 9.17) is 4.98 Å². The van der Waals surface area contributed by atoms with Crippen molar-refractivity contribution in [3.63, 3.8) is 0 Å². The topological polar surface area (TPSA) is 79.5 Å². The van der Waals surface area contributed by atoms with Crippen molar-refractivity contribution in [2.45, 2.75) is 58.8 Å². The molecular weight excluding hydrogens is 412 g/mol. The molecular formula is C23H24N4OS2. The number of hydrogen-bond donors (Lipinski definition) is 0. The lowest BCUT2D eigenvalue weighted by Crippen LogP contribution is -2.25. The second kappa shape index (κ2) is 8.75. The Hall–Kier alpha value is -2.43. The van der Waals surface area contributed by atoms with Crippen LogP contribution in [0, 0.1) is 30.6 Å². The van der Waals surface area contributed by atoms with Crippen LogP contribution < -0.4 is 0 Å². The van der Waals surface area contributed by atoms with Crippen LogP contribution >= 0.6 is 22.7 Å². The molecule has 0 aliphatic heterocycles. The Bertz CT molecular complexity index is 1090. The molecule has 3 aromatic rings. The highest BCUT2D eigenvalue weighted by molar-refractivity contribution is 7.15. The van der Waals surface area contributed by atoms with Gasteiger partial charge in [-0.3, -0.25) is 9.78 Å². The van der Waals surface area contributed by atoms with Gasteiger partial charge in [0.1, 0.15) is 0 Å². The highest BCUT2D eigenvalue weighted by atomic mass is 32.1. The number of rotatable bonds is 6. The average molecular weight is 437 g/mol. The Labute approximate surface area is 184 Å². The molecule has 0 aromatic carbocycles. The molecule has 3 heterocycles. The van der Waals surface area contributed by atoms with Gasteiger partial charge in [0.15, 0.2) is 5.78 Å². The van der Waals surface area contributed by atoms with Gasteiger partial charge in [0, 0.05) is 35.7 Å². The molecule has 0 radical (unpaired) electrons. The van der Waals surface area contributed by atoms with Gasteiger partial charge in [0.2, 0.25) is 0 Å². The monoisotopic (exact) mass is 436 g/mol. The van der Waals surface area contributed by atoms with Gasteiger partial charge in [-0.1, -0.05) is 19.3 Å². The van der Waals surface area contributed by atoms with Crippen molar-refractivity contribution in [2.24, 2.45) is 5.41 Å². The minimum atomic E-state index is -0.488. The van der Waals surface area contributed by atoms with Crippen LogP contribution in [0.15, 0.2) is 23.7 Å². The fraction of sp³-hybridized carbons (Fsp3) is 0.435. The first-order chi connectivity index (χ1) is 14.5. The summed E-state index contributed by atoms with van der Waals surface area (Å²) in [7, 11) is 0. The molecule has 7 heteroatoms. The lowest BCUT2D eigenvalue weighted by Gasteiger charge is -2.29. The molecule has 0 amide bonds. The molecule has 1 saturated carbocycles. The van der Waals surface area contributed by atoms with Crippen molar-refractivity contribution in [2.75, 3.05) is 0 Å². The van der Waals surface area contributed by atoms with Gasteiger partial charge in [-0.2, -0.15) is 5.26 Å². The van der Waals surface area contributed by atoms with Gasteiger partial charge in [0.05, 0.1) is 37.8 Å². The lowest BCUT2D eigenvalue weighted by atomic mass is 9.71. The maximum atomic E-state index is 12.7. The number of nitriles is 1. The van der Waals surface area contributed by atoms with E-state index < -0.39 is 5.41 Å². The largest absolute Gasteiger partial charge is 0.294 e. The van der Waals surface area contributed by atoms with Crippen LogP contribution in [0.2, 0.25) is 0 Å². The van der Waals surface area contributed by atoms with Crippen LogP contribution in [0.5, 0.6) is 0 Å². The average Bonchev–Trinajstić information content (AvgIpc) is 3.34. The second-order valence-electron chi connectivity index (χ2n) is 8.04. The Morgan fingerprint density at radius 2 is 2.00 bits per heavy atom. The summed E-state index contributed by atoms with van der Waals surface area (Å²) in [6.07, 6.45) is 7.47. The van der Waals surface area contributed by atoms with Crippen LogP contribution in [0.4, 0.5) is 0 Å². The first kappa shape index (κ1) is 20.8. The summed E-state index contributed by atoms with van der Waals surface area (Å²) >= 11 is 3.28. The second-order valence-corrected chi connectivity index (χ2v) is 10.2. The molecule has 154 valence electrons. The van der Waals surface area contributed by atoms with E-state index in [2.05, 4.69) is 21.4 Å². The third-order valence-corrected chi connectivity index (χ3v) is 7.66. The van der Waals surface area contributed by atoms with Crippen LogP contribution in [0.25, 0.3) is 10.6 Å². The summed E-state index contributed by atoms with van der Waals surface area (Å²) in [5.41, 5.74) is 2.98. The highest BCUT2D eigenvalue weighted by Crippen LogP contribution is 2.39. The third-order valence-electron chi connectivity index (χ3n) is 5.71. The van der Waals surface area contributed by atoms with Crippen LogP contribution in [0.3, 0.4) is 0 Å². The summed E-state index contributed by atoms with van der Waals surface area (Å²) in [5, 5.41) is 13.7. The standard InChI is InChI=1S/C23H24N4OS2/c1-15-22(30-16(2)26-15)19-13-29-21(27-19)10-18-7-6-17(12-25-18)20(28)11-23(14-24)8-4-3-5-9-23/h6-7,12-13H,3-5,8-11H2,1-2H3. The number of ketones is 1. The predicted octanol–water partition coefficient (Wildman–Crippen LogP) is 5.92. The Morgan fingerprint density at radius 3 is 2.63 bits per heavy atom. The molecule has 0 bridgehead atoms. The van der Waals surface area contributed by atoms with Gasteiger partial charge < -0.3 is 0 Å². The van der Waals surface area contributed by atoms with Gasteiger partial charge in [-0.05, 0) is 38.8 Å². The maximum Gasteiger partial charge on any atom is 0.166 e. The molecule has 0 saturated heterocycles. The predicted molar refractivity (Wildman–Crippen MR) is 120 cm³/mol. The smallest absolute Gasteiger partial charge is 0.166 e. The summed E-state index contributed by atoms with van der Waals surface area (Å²) in [6, 6.07) is 6.17. The molecule has 0 N–H and O–H groups in total. The van der Waals surface area contributed by atoms with Gasteiger partial charge in [-0.15, -0.1) is 22.7 Å². The molecule has 4 rings (SSSR count). The third kappa shape index (κ3) is 4.50. The molecule has 5 nitrogen and oxygen atoms in total. The van der Waals surface area contributed by atoms with Crippen LogP contribution in [-0.4, -0.2) is 20.7 Å². The normalized spacial score (nSPS) is 15.6. The van der Waals surface area contributed by atoms with Crippen molar-refractivity contribution >= 4 is 28.5 Å². The SMILES string of the molecule is Cc1nc(C)c(-c2csc(Cc3ccc(C(=O)CC4(C#N)CCCCC4)cn3)n2)s1. The summed E-state index contributed by atoms with van der Waals surface area (Å²) < 4.78 is 0. The number of pyridine rings is 1. The van der Waals surface area contributed by atoms with Crippen LogP contribution in [-0.2, 0) is 6.42 Å². The minimum absolute atomic E-state index is 0.0186. The van der Waals surface area contributed by atoms with Crippen LogP contribution in [0.1, 0.15) is 70.3 Å². The van der Waals surface area contributed by atoms with Gasteiger partial charge >= 0.3 is 0 Å². The zero-order valence-electron chi connectivity index (χ0n) is 17.3. The molecule has 30 heavy (non-hydrogen) atoms. The Kier molecular flexibility index (Phi) is 6.07. The molecule has 0 unspecified atom stereocenters. The van der Waals surface area contributed by atoms with E-state index in [1.165, 1.54) is 0 Å². The number of carbonyl (C=O) groups is 1. The fourth-order valence-electron chi connectivity index (χ4n) is 4.08. The molecule has 1 aliphatic rings. The first-order valence-corrected chi connectivity index (χ1v) is 12.0. The van der Waals surface area contributed by atoms with Crippen molar-refractivity contribution < 1.29 is 4.79 Å². The van der Waals surface area contributed by atoms with Crippen molar-refractivity contribution in [3.05, 3.63) is 50.7 Å².